The smallest absolute Gasteiger partial charge is 0.272 e. The second-order valence-electron chi connectivity index (χ2n) is 4.12. The topological polar surface area (TPSA) is 63.5 Å². The minimum atomic E-state index is -0.432. The summed E-state index contributed by atoms with van der Waals surface area (Å²) in [6, 6.07) is 8.41. The molecule has 2 rings (SSSR count). The van der Waals surface area contributed by atoms with Crippen LogP contribution in [0, 0.1) is 5.82 Å². The maximum Gasteiger partial charge on any atom is 0.272 e. The van der Waals surface area contributed by atoms with Gasteiger partial charge in [-0.1, -0.05) is 12.1 Å². The molecule has 0 spiro atoms. The lowest BCUT2D eigenvalue weighted by Gasteiger charge is -2.01. The van der Waals surface area contributed by atoms with Gasteiger partial charge in [-0.25, -0.2) is 9.82 Å². The Hall–Kier alpha value is -2.76. The zero-order chi connectivity index (χ0) is 14.5. The van der Waals surface area contributed by atoms with E-state index >= 15 is 0 Å². The van der Waals surface area contributed by atoms with E-state index in [0.717, 1.165) is 0 Å². The molecule has 0 aliphatic rings. The molecule has 1 heterocycles. The Bertz CT molecular complexity index is 705. The quantitative estimate of drug-likeness (QED) is 0.676. The van der Waals surface area contributed by atoms with Crippen LogP contribution in [0.25, 0.3) is 0 Å². The fourth-order valence-corrected chi connectivity index (χ4v) is 1.51. The highest BCUT2D eigenvalue weighted by atomic mass is 19.1. The Kier molecular flexibility index (Phi) is 4.05. The fraction of sp³-hybridized carbons (Fsp3) is 0.0714. The fourth-order valence-electron chi connectivity index (χ4n) is 1.51. The zero-order valence-electron chi connectivity index (χ0n) is 10.7. The Labute approximate surface area is 114 Å². The van der Waals surface area contributed by atoms with Gasteiger partial charge in [-0.05, 0) is 23.8 Å². The molecule has 1 N–H and O–H groups in total. The average molecular weight is 273 g/mol. The maximum atomic E-state index is 12.7. The number of hydrazone groups is 1. The van der Waals surface area contributed by atoms with Crippen molar-refractivity contribution in [2.45, 2.75) is 0 Å². The molecule has 20 heavy (non-hydrogen) atoms. The Balaban J connectivity index is 2.03. The number of carbonyl (C=O) groups is 1. The number of nitrogens with zero attached hydrogens (tertiary/aromatic N) is 2. The first-order valence-electron chi connectivity index (χ1n) is 5.82. The van der Waals surface area contributed by atoms with Gasteiger partial charge < -0.3 is 4.57 Å². The summed E-state index contributed by atoms with van der Waals surface area (Å²) in [5, 5.41) is 3.77. The molecule has 2 aromatic rings. The van der Waals surface area contributed by atoms with Gasteiger partial charge in [0.05, 0.1) is 11.8 Å². The molecule has 1 aromatic carbocycles. The average Bonchev–Trinajstić information content (AvgIpc) is 2.44. The molecule has 102 valence electrons. The Morgan fingerprint density at radius 2 is 1.95 bits per heavy atom. The van der Waals surface area contributed by atoms with Crippen LogP contribution in [0.2, 0.25) is 0 Å². The summed E-state index contributed by atoms with van der Waals surface area (Å²) in [5.74, 6) is -0.768. The molecular weight excluding hydrogens is 261 g/mol. The summed E-state index contributed by atoms with van der Waals surface area (Å²) in [4.78, 5) is 22.9. The van der Waals surface area contributed by atoms with Crippen LogP contribution in [0.1, 0.15) is 15.9 Å². The van der Waals surface area contributed by atoms with Crippen molar-refractivity contribution < 1.29 is 9.18 Å². The number of rotatable bonds is 3. The van der Waals surface area contributed by atoms with Gasteiger partial charge in [0, 0.05) is 19.3 Å². The van der Waals surface area contributed by atoms with Gasteiger partial charge in [-0.15, -0.1) is 0 Å². The SMILES string of the molecule is Cn1cc(C(=O)N/N=C\c2ccc(F)cc2)ccc1=O. The molecule has 6 heteroatoms. The van der Waals surface area contributed by atoms with Gasteiger partial charge in [0.15, 0.2) is 0 Å². The summed E-state index contributed by atoms with van der Waals surface area (Å²) in [6.45, 7) is 0. The zero-order valence-corrected chi connectivity index (χ0v) is 10.7. The van der Waals surface area contributed by atoms with E-state index in [2.05, 4.69) is 10.5 Å². The molecule has 0 fully saturated rings. The third-order valence-electron chi connectivity index (χ3n) is 2.60. The van der Waals surface area contributed by atoms with Gasteiger partial charge >= 0.3 is 0 Å². The Morgan fingerprint density at radius 1 is 1.25 bits per heavy atom. The highest BCUT2D eigenvalue weighted by molar-refractivity contribution is 5.94. The van der Waals surface area contributed by atoms with Gasteiger partial charge in [-0.2, -0.15) is 5.10 Å². The predicted octanol–water partition coefficient (Wildman–Crippen LogP) is 1.29. The van der Waals surface area contributed by atoms with Crippen LogP contribution < -0.4 is 11.0 Å². The third kappa shape index (κ3) is 3.38. The molecule has 5 nitrogen and oxygen atoms in total. The first-order valence-corrected chi connectivity index (χ1v) is 5.82. The Morgan fingerprint density at radius 3 is 2.60 bits per heavy atom. The molecule has 0 saturated heterocycles. The first kappa shape index (κ1) is 13.7. The van der Waals surface area contributed by atoms with E-state index in [0.29, 0.717) is 11.1 Å². The monoisotopic (exact) mass is 273 g/mol. The number of benzene rings is 1. The van der Waals surface area contributed by atoms with Gasteiger partial charge in [-0.3, -0.25) is 9.59 Å². The van der Waals surface area contributed by atoms with Gasteiger partial charge in [0.25, 0.3) is 5.91 Å². The van der Waals surface area contributed by atoms with E-state index in [1.807, 2.05) is 0 Å². The number of halogens is 1. The molecule has 0 unspecified atom stereocenters. The number of aromatic nitrogens is 1. The lowest BCUT2D eigenvalue weighted by Crippen LogP contribution is -2.22. The largest absolute Gasteiger partial charge is 0.318 e. The van der Waals surface area contributed by atoms with E-state index in [1.54, 1.807) is 7.05 Å². The van der Waals surface area contributed by atoms with Crippen molar-refractivity contribution >= 4 is 12.1 Å². The molecule has 0 aliphatic heterocycles. The highest BCUT2D eigenvalue weighted by Gasteiger charge is 2.04. The van der Waals surface area contributed by atoms with Crippen molar-refractivity contribution in [2.24, 2.45) is 12.1 Å². The van der Waals surface area contributed by atoms with Crippen molar-refractivity contribution in [1.29, 1.82) is 0 Å². The number of hydrogen-bond acceptors (Lipinski definition) is 3. The lowest BCUT2D eigenvalue weighted by atomic mass is 10.2. The minimum Gasteiger partial charge on any atom is -0.318 e. The number of amides is 1. The summed E-state index contributed by atoms with van der Waals surface area (Å²) >= 11 is 0. The van der Waals surface area contributed by atoms with Crippen LogP contribution in [-0.2, 0) is 7.05 Å². The standard InChI is InChI=1S/C14H12FN3O2/c1-18-9-11(4-7-13(18)19)14(20)17-16-8-10-2-5-12(15)6-3-10/h2-9H,1H3,(H,17,20)/b16-8-. The molecule has 0 radical (unpaired) electrons. The third-order valence-corrected chi connectivity index (χ3v) is 2.60. The number of hydrogen-bond donors (Lipinski definition) is 1. The molecule has 0 atom stereocenters. The molecule has 1 amide bonds. The van der Waals surface area contributed by atoms with Gasteiger partial charge in [0.2, 0.25) is 5.56 Å². The van der Waals surface area contributed by atoms with Crippen molar-refractivity contribution in [3.05, 3.63) is 69.9 Å². The van der Waals surface area contributed by atoms with Crippen LogP contribution in [0.15, 0.2) is 52.5 Å². The molecular formula is C14H12FN3O2. The van der Waals surface area contributed by atoms with E-state index in [9.17, 15) is 14.0 Å². The molecule has 0 bridgehead atoms. The summed E-state index contributed by atoms with van der Waals surface area (Å²) < 4.78 is 14.0. The number of pyridine rings is 1. The normalized spacial score (nSPS) is 10.7. The van der Waals surface area contributed by atoms with Crippen molar-refractivity contribution in [2.75, 3.05) is 0 Å². The molecule has 1 aromatic heterocycles. The van der Waals surface area contributed by atoms with Gasteiger partial charge in [0.1, 0.15) is 5.82 Å². The van der Waals surface area contributed by atoms with Crippen LogP contribution in [0.3, 0.4) is 0 Å². The second kappa shape index (κ2) is 5.92. The van der Waals surface area contributed by atoms with Crippen molar-refractivity contribution in [3.63, 3.8) is 0 Å². The summed E-state index contributed by atoms with van der Waals surface area (Å²) in [6.07, 6.45) is 2.82. The van der Waals surface area contributed by atoms with Crippen LogP contribution in [0.5, 0.6) is 0 Å². The van der Waals surface area contributed by atoms with Crippen LogP contribution in [-0.4, -0.2) is 16.7 Å². The number of aryl methyl sites for hydroxylation is 1. The van der Waals surface area contributed by atoms with E-state index in [-0.39, 0.29) is 11.4 Å². The van der Waals surface area contributed by atoms with Crippen LogP contribution in [0.4, 0.5) is 4.39 Å². The highest BCUT2D eigenvalue weighted by Crippen LogP contribution is 2.00. The minimum absolute atomic E-state index is 0.198. The number of nitrogens with one attached hydrogen (secondary N) is 1. The van der Waals surface area contributed by atoms with E-state index < -0.39 is 5.91 Å². The predicted molar refractivity (Wildman–Crippen MR) is 73.1 cm³/mol. The van der Waals surface area contributed by atoms with Crippen molar-refractivity contribution in [3.8, 4) is 0 Å². The van der Waals surface area contributed by atoms with Crippen LogP contribution >= 0.6 is 0 Å². The maximum absolute atomic E-state index is 12.7. The first-order chi connectivity index (χ1) is 9.56. The van der Waals surface area contributed by atoms with Crippen molar-refractivity contribution in [1.82, 2.24) is 9.99 Å². The lowest BCUT2D eigenvalue weighted by molar-refractivity contribution is 0.0954. The summed E-state index contributed by atoms with van der Waals surface area (Å²) in [5.41, 5.74) is 3.11. The second-order valence-corrected chi connectivity index (χ2v) is 4.12. The summed E-state index contributed by atoms with van der Waals surface area (Å²) in [7, 11) is 1.56. The number of carbonyl (C=O) groups excluding carboxylic acids is 1. The molecule has 0 saturated carbocycles. The molecule has 0 aliphatic carbocycles. The van der Waals surface area contributed by atoms with E-state index in [4.69, 9.17) is 0 Å². The van der Waals surface area contributed by atoms with E-state index in [1.165, 1.54) is 53.4 Å².